The molecule has 0 aromatic heterocycles. The average molecular weight is 391 g/mol. The van der Waals surface area contributed by atoms with E-state index in [-0.39, 0.29) is 6.42 Å². The maximum absolute atomic E-state index is 12.0. The number of carbonyl (C=O) groups excluding carboxylic acids is 1. The van der Waals surface area contributed by atoms with E-state index in [1.807, 2.05) is 0 Å². The fourth-order valence-electron chi connectivity index (χ4n) is 1.48. The van der Waals surface area contributed by atoms with Crippen molar-refractivity contribution >= 4 is 43.7 Å². The van der Waals surface area contributed by atoms with Gasteiger partial charge in [0.1, 0.15) is 6.04 Å². The molecule has 0 saturated carbocycles. The Morgan fingerprint density at radius 1 is 1.32 bits per heavy atom. The standard InChI is InChI=1S/C13H13Br2NO3/c1-7(2)3-11(13(18)19)16-12(17)8-4-9(14)6-10(15)5-8/h4-6,11H,1,3H2,2H3,(H,16,17)(H,18,19)/t11-/m0/s1. The summed E-state index contributed by atoms with van der Waals surface area (Å²) in [5, 5.41) is 11.5. The molecule has 1 atom stereocenters. The molecule has 0 aliphatic heterocycles. The van der Waals surface area contributed by atoms with Crippen molar-refractivity contribution in [1.29, 1.82) is 0 Å². The molecule has 0 heterocycles. The van der Waals surface area contributed by atoms with Crippen LogP contribution in [0.15, 0.2) is 39.3 Å². The van der Waals surface area contributed by atoms with Crippen LogP contribution in [0, 0.1) is 0 Å². The van der Waals surface area contributed by atoms with Crippen LogP contribution in [-0.4, -0.2) is 23.0 Å². The van der Waals surface area contributed by atoms with Crippen molar-refractivity contribution in [3.8, 4) is 0 Å². The van der Waals surface area contributed by atoms with Gasteiger partial charge in [-0.05, 0) is 31.5 Å². The Labute approximate surface area is 128 Å². The number of rotatable bonds is 5. The molecule has 0 aliphatic carbocycles. The first-order valence-electron chi connectivity index (χ1n) is 5.43. The van der Waals surface area contributed by atoms with Gasteiger partial charge in [0.15, 0.2) is 0 Å². The highest BCUT2D eigenvalue weighted by molar-refractivity contribution is 9.11. The number of halogens is 2. The summed E-state index contributed by atoms with van der Waals surface area (Å²) in [7, 11) is 0. The molecular weight excluding hydrogens is 378 g/mol. The zero-order chi connectivity index (χ0) is 14.6. The summed E-state index contributed by atoms with van der Waals surface area (Å²) in [4.78, 5) is 23.1. The Kier molecular flexibility index (Phi) is 5.75. The number of carbonyl (C=O) groups is 2. The lowest BCUT2D eigenvalue weighted by molar-refractivity contribution is -0.139. The van der Waals surface area contributed by atoms with Gasteiger partial charge in [0.05, 0.1) is 0 Å². The largest absolute Gasteiger partial charge is 0.480 e. The highest BCUT2D eigenvalue weighted by atomic mass is 79.9. The molecule has 6 heteroatoms. The number of carboxylic acid groups (broad SMARTS) is 1. The molecule has 0 saturated heterocycles. The van der Waals surface area contributed by atoms with Crippen molar-refractivity contribution in [2.75, 3.05) is 0 Å². The zero-order valence-electron chi connectivity index (χ0n) is 10.2. The van der Waals surface area contributed by atoms with E-state index in [1.165, 1.54) is 0 Å². The minimum Gasteiger partial charge on any atom is -0.480 e. The van der Waals surface area contributed by atoms with Crippen molar-refractivity contribution in [3.05, 3.63) is 44.9 Å². The molecule has 0 unspecified atom stereocenters. The number of nitrogens with one attached hydrogen (secondary N) is 1. The molecule has 0 fully saturated rings. The Morgan fingerprint density at radius 3 is 2.26 bits per heavy atom. The molecule has 0 aliphatic rings. The van der Waals surface area contributed by atoms with Crippen LogP contribution in [0.2, 0.25) is 0 Å². The van der Waals surface area contributed by atoms with Crippen molar-refractivity contribution < 1.29 is 14.7 Å². The van der Waals surface area contributed by atoms with Crippen LogP contribution in [0.5, 0.6) is 0 Å². The van der Waals surface area contributed by atoms with Crippen molar-refractivity contribution in [3.63, 3.8) is 0 Å². The molecule has 0 radical (unpaired) electrons. The van der Waals surface area contributed by atoms with Crippen LogP contribution < -0.4 is 5.32 Å². The minimum atomic E-state index is -1.08. The van der Waals surface area contributed by atoms with Gasteiger partial charge in [0, 0.05) is 14.5 Å². The fourth-order valence-corrected chi connectivity index (χ4v) is 2.77. The van der Waals surface area contributed by atoms with Gasteiger partial charge < -0.3 is 10.4 Å². The SMILES string of the molecule is C=C(C)C[C@H](NC(=O)c1cc(Br)cc(Br)c1)C(=O)O. The Bertz CT molecular complexity index is 508. The van der Waals surface area contributed by atoms with Gasteiger partial charge in [0.25, 0.3) is 5.91 Å². The minimum absolute atomic E-state index is 0.205. The molecular formula is C13H13Br2NO3. The van der Waals surface area contributed by atoms with Gasteiger partial charge in [0.2, 0.25) is 0 Å². The van der Waals surface area contributed by atoms with E-state index in [2.05, 4.69) is 43.8 Å². The van der Waals surface area contributed by atoms with Crippen LogP contribution in [0.4, 0.5) is 0 Å². The topological polar surface area (TPSA) is 66.4 Å². The van der Waals surface area contributed by atoms with Gasteiger partial charge in [-0.15, -0.1) is 6.58 Å². The summed E-state index contributed by atoms with van der Waals surface area (Å²) < 4.78 is 1.47. The summed E-state index contributed by atoms with van der Waals surface area (Å²) in [6, 6.07) is 4.07. The molecule has 4 nitrogen and oxygen atoms in total. The summed E-state index contributed by atoms with van der Waals surface area (Å²) >= 11 is 6.55. The van der Waals surface area contributed by atoms with Crippen LogP contribution in [0.1, 0.15) is 23.7 Å². The van der Waals surface area contributed by atoms with Crippen molar-refractivity contribution in [2.45, 2.75) is 19.4 Å². The molecule has 19 heavy (non-hydrogen) atoms. The second-order valence-corrected chi connectivity index (χ2v) is 6.01. The van der Waals surface area contributed by atoms with E-state index in [4.69, 9.17) is 5.11 Å². The maximum atomic E-state index is 12.0. The normalized spacial score (nSPS) is 11.7. The van der Waals surface area contributed by atoms with Crippen molar-refractivity contribution in [1.82, 2.24) is 5.32 Å². The van der Waals surface area contributed by atoms with Crippen molar-refractivity contribution in [2.24, 2.45) is 0 Å². The van der Waals surface area contributed by atoms with E-state index < -0.39 is 17.9 Å². The van der Waals surface area contributed by atoms with Gasteiger partial charge in [-0.25, -0.2) is 4.79 Å². The average Bonchev–Trinajstić information content (AvgIpc) is 2.25. The number of amides is 1. The van der Waals surface area contributed by atoms with Crippen LogP contribution in [0.25, 0.3) is 0 Å². The summed E-state index contributed by atoms with van der Waals surface area (Å²) in [5.41, 5.74) is 1.08. The zero-order valence-corrected chi connectivity index (χ0v) is 13.4. The predicted molar refractivity (Wildman–Crippen MR) is 80.2 cm³/mol. The van der Waals surface area contributed by atoms with Crippen LogP contribution in [0.3, 0.4) is 0 Å². The number of hydrogen-bond donors (Lipinski definition) is 2. The van der Waals surface area contributed by atoms with Gasteiger partial charge >= 0.3 is 5.97 Å². The Morgan fingerprint density at radius 2 is 1.84 bits per heavy atom. The first kappa shape index (κ1) is 15.9. The summed E-state index contributed by atoms with van der Waals surface area (Å²) in [6.07, 6.45) is 0.205. The van der Waals surface area contributed by atoms with Crippen LogP contribution in [-0.2, 0) is 4.79 Å². The van der Waals surface area contributed by atoms with Crippen LogP contribution >= 0.6 is 31.9 Å². The smallest absolute Gasteiger partial charge is 0.326 e. The van der Waals surface area contributed by atoms with Gasteiger partial charge in [-0.2, -0.15) is 0 Å². The lowest BCUT2D eigenvalue weighted by Crippen LogP contribution is -2.40. The molecule has 1 amide bonds. The predicted octanol–water partition coefficient (Wildman–Crippen LogP) is 3.36. The maximum Gasteiger partial charge on any atom is 0.326 e. The molecule has 0 bridgehead atoms. The number of hydrogen-bond acceptors (Lipinski definition) is 2. The third kappa shape index (κ3) is 5.16. The number of benzene rings is 1. The third-order valence-electron chi connectivity index (χ3n) is 2.28. The summed E-state index contributed by atoms with van der Waals surface area (Å²) in [5.74, 6) is -1.51. The Hall–Kier alpha value is -1.14. The van der Waals surface area contributed by atoms with E-state index in [9.17, 15) is 9.59 Å². The third-order valence-corrected chi connectivity index (χ3v) is 3.20. The van der Waals surface area contributed by atoms with E-state index in [0.717, 1.165) is 8.95 Å². The second-order valence-electron chi connectivity index (χ2n) is 4.18. The summed E-state index contributed by atoms with van der Waals surface area (Å²) in [6.45, 7) is 5.38. The van der Waals surface area contributed by atoms with Gasteiger partial charge in [-0.3, -0.25) is 4.79 Å². The molecule has 0 spiro atoms. The first-order chi connectivity index (χ1) is 8.79. The van der Waals surface area contributed by atoms with E-state index in [1.54, 1.807) is 25.1 Å². The van der Waals surface area contributed by atoms with E-state index in [0.29, 0.717) is 11.1 Å². The molecule has 1 aromatic carbocycles. The lowest BCUT2D eigenvalue weighted by atomic mass is 10.1. The molecule has 2 N–H and O–H groups in total. The quantitative estimate of drug-likeness (QED) is 0.757. The Balaban J connectivity index is 2.87. The molecule has 1 rings (SSSR count). The number of carboxylic acids is 1. The number of aliphatic carboxylic acids is 1. The monoisotopic (exact) mass is 389 g/mol. The first-order valence-corrected chi connectivity index (χ1v) is 7.02. The molecule has 102 valence electrons. The highest BCUT2D eigenvalue weighted by Crippen LogP contribution is 2.20. The van der Waals surface area contributed by atoms with Gasteiger partial charge in [-0.1, -0.05) is 37.4 Å². The highest BCUT2D eigenvalue weighted by Gasteiger charge is 2.20. The van der Waals surface area contributed by atoms with E-state index >= 15 is 0 Å². The second kappa shape index (κ2) is 6.86. The molecule has 1 aromatic rings. The lowest BCUT2D eigenvalue weighted by Gasteiger charge is -2.14. The fraction of sp³-hybridized carbons (Fsp3) is 0.231.